The van der Waals surface area contributed by atoms with Crippen LogP contribution in [0.4, 0.5) is 0 Å². The molecule has 3 rings (SSSR count). The Morgan fingerprint density at radius 1 is 1.11 bits per heavy atom. The maximum Gasteiger partial charge on any atom is 0.227 e. The van der Waals surface area contributed by atoms with Gasteiger partial charge in [0.1, 0.15) is 0 Å². The third-order valence-corrected chi connectivity index (χ3v) is 4.52. The van der Waals surface area contributed by atoms with Crippen LogP contribution in [-0.4, -0.2) is 29.0 Å². The molecule has 1 amide bonds. The number of hydrogen-bond donors (Lipinski definition) is 1. The minimum absolute atomic E-state index is 0.0592. The summed E-state index contributed by atoms with van der Waals surface area (Å²) < 4.78 is 0. The minimum atomic E-state index is 0.0592. The molecule has 0 spiro atoms. The lowest BCUT2D eigenvalue weighted by molar-refractivity contribution is -0.132. The van der Waals surface area contributed by atoms with E-state index in [1.807, 2.05) is 24.3 Å². The number of nitrogens with zero attached hydrogens (tertiary/aromatic N) is 1. The van der Waals surface area contributed by atoms with E-state index in [2.05, 4.69) is 4.90 Å². The van der Waals surface area contributed by atoms with Crippen molar-refractivity contribution >= 4 is 5.91 Å². The highest BCUT2D eigenvalue weighted by Crippen LogP contribution is 2.36. The number of fused-ring (bicyclic) bond motifs is 2. The quantitative estimate of drug-likeness (QED) is 0.901. The molecule has 1 aromatic carbocycles. The molecule has 2 bridgehead atoms. The molecule has 3 nitrogen and oxygen atoms in total. The number of benzene rings is 1. The third-order valence-electron chi connectivity index (χ3n) is 4.52. The number of aliphatic hydroxyl groups is 1. The number of hydrogen-bond acceptors (Lipinski definition) is 2. The number of likely N-dealkylation sites (tertiary alicyclic amines) is 1. The molecular weight excluding hydrogens is 238 g/mol. The second-order valence-corrected chi connectivity index (χ2v) is 6.00. The van der Waals surface area contributed by atoms with Gasteiger partial charge >= 0.3 is 0 Å². The Morgan fingerprint density at radius 3 is 2.26 bits per heavy atom. The van der Waals surface area contributed by atoms with E-state index in [1.165, 1.54) is 19.3 Å². The molecular formula is C16H21NO2. The van der Waals surface area contributed by atoms with Crippen molar-refractivity contribution < 1.29 is 9.90 Å². The second kappa shape index (κ2) is 5.33. The number of rotatable bonds is 3. The first-order chi connectivity index (χ1) is 9.24. The van der Waals surface area contributed by atoms with E-state index >= 15 is 0 Å². The zero-order valence-electron chi connectivity index (χ0n) is 11.2. The molecule has 2 atom stereocenters. The number of carbonyl (C=O) groups is 1. The van der Waals surface area contributed by atoms with Gasteiger partial charge in [-0.3, -0.25) is 4.79 Å². The van der Waals surface area contributed by atoms with Crippen molar-refractivity contribution in [2.75, 3.05) is 13.1 Å². The summed E-state index contributed by atoms with van der Waals surface area (Å²) in [7, 11) is 0. The molecule has 1 aliphatic heterocycles. The zero-order valence-corrected chi connectivity index (χ0v) is 11.2. The Bertz CT molecular complexity index is 442. The topological polar surface area (TPSA) is 40.5 Å². The van der Waals surface area contributed by atoms with Gasteiger partial charge in [-0.05, 0) is 42.2 Å². The van der Waals surface area contributed by atoms with Crippen molar-refractivity contribution in [3.05, 3.63) is 35.4 Å². The van der Waals surface area contributed by atoms with Gasteiger partial charge < -0.3 is 10.0 Å². The molecule has 0 radical (unpaired) electrons. The van der Waals surface area contributed by atoms with Crippen LogP contribution >= 0.6 is 0 Å². The van der Waals surface area contributed by atoms with Crippen molar-refractivity contribution in [1.29, 1.82) is 0 Å². The number of piperidine rings is 1. The largest absolute Gasteiger partial charge is 0.392 e. The van der Waals surface area contributed by atoms with E-state index < -0.39 is 0 Å². The second-order valence-electron chi connectivity index (χ2n) is 6.00. The first-order valence-corrected chi connectivity index (χ1v) is 7.21. The van der Waals surface area contributed by atoms with Crippen molar-refractivity contribution in [2.45, 2.75) is 32.3 Å². The van der Waals surface area contributed by atoms with Crippen LogP contribution in [0, 0.1) is 11.8 Å². The summed E-state index contributed by atoms with van der Waals surface area (Å²) in [5.74, 6) is 1.76. The predicted molar refractivity (Wildman–Crippen MR) is 73.5 cm³/mol. The molecule has 3 heteroatoms. The van der Waals surface area contributed by atoms with Gasteiger partial charge in [-0.25, -0.2) is 0 Å². The van der Waals surface area contributed by atoms with Gasteiger partial charge in [0, 0.05) is 13.1 Å². The molecule has 1 saturated carbocycles. The molecule has 2 fully saturated rings. The van der Waals surface area contributed by atoms with Crippen molar-refractivity contribution in [3.8, 4) is 0 Å². The summed E-state index contributed by atoms with van der Waals surface area (Å²) in [6.07, 6.45) is 4.43. The van der Waals surface area contributed by atoms with E-state index in [4.69, 9.17) is 5.11 Å². The predicted octanol–water partition coefficient (Wildman–Crippen LogP) is 1.98. The molecule has 102 valence electrons. The summed E-state index contributed by atoms with van der Waals surface area (Å²) >= 11 is 0. The van der Waals surface area contributed by atoms with Gasteiger partial charge in [0.05, 0.1) is 13.0 Å². The molecule has 0 aromatic heterocycles. The first-order valence-electron chi connectivity index (χ1n) is 7.21. The first kappa shape index (κ1) is 12.7. The average molecular weight is 259 g/mol. The summed E-state index contributed by atoms with van der Waals surface area (Å²) in [6, 6.07) is 7.68. The lowest BCUT2D eigenvalue weighted by Gasteiger charge is -2.32. The van der Waals surface area contributed by atoms with Crippen LogP contribution in [0.3, 0.4) is 0 Å². The average Bonchev–Trinajstić information content (AvgIpc) is 2.78. The Hall–Kier alpha value is -1.35. The lowest BCUT2D eigenvalue weighted by Crippen LogP contribution is -2.41. The Balaban J connectivity index is 1.61. The molecule has 2 aliphatic rings. The molecule has 1 aliphatic carbocycles. The van der Waals surface area contributed by atoms with Crippen LogP contribution in [0.25, 0.3) is 0 Å². The third kappa shape index (κ3) is 2.81. The van der Waals surface area contributed by atoms with Gasteiger partial charge in [-0.1, -0.05) is 24.3 Å². The van der Waals surface area contributed by atoms with E-state index in [-0.39, 0.29) is 12.5 Å². The van der Waals surface area contributed by atoms with Crippen molar-refractivity contribution in [3.63, 3.8) is 0 Å². The maximum atomic E-state index is 12.3. The lowest BCUT2D eigenvalue weighted by atomic mass is 9.98. The summed E-state index contributed by atoms with van der Waals surface area (Å²) in [4.78, 5) is 14.4. The number of amides is 1. The van der Waals surface area contributed by atoms with Crippen LogP contribution in [0.15, 0.2) is 24.3 Å². The van der Waals surface area contributed by atoms with E-state index in [1.54, 1.807) is 0 Å². The highest BCUT2D eigenvalue weighted by molar-refractivity contribution is 5.79. The normalized spacial score (nSPS) is 25.6. The molecule has 1 N–H and O–H groups in total. The fourth-order valence-corrected chi connectivity index (χ4v) is 3.46. The van der Waals surface area contributed by atoms with Gasteiger partial charge in [0.15, 0.2) is 0 Å². The molecule has 19 heavy (non-hydrogen) atoms. The fraction of sp³-hybridized carbons (Fsp3) is 0.562. The van der Waals surface area contributed by atoms with E-state index in [0.29, 0.717) is 6.42 Å². The SMILES string of the molecule is O=C(Cc1ccc(CO)cc1)N1C[C@@H]2CC[C@@H](C2)C1. The minimum Gasteiger partial charge on any atom is -0.392 e. The van der Waals surface area contributed by atoms with Crippen LogP contribution in [0.5, 0.6) is 0 Å². The Kier molecular flexibility index (Phi) is 3.56. The highest BCUT2D eigenvalue weighted by Gasteiger charge is 2.34. The van der Waals surface area contributed by atoms with Crippen LogP contribution in [0.2, 0.25) is 0 Å². The van der Waals surface area contributed by atoms with Crippen LogP contribution in [0.1, 0.15) is 30.4 Å². The maximum absolute atomic E-state index is 12.3. The number of aliphatic hydroxyl groups excluding tert-OH is 1. The summed E-state index contributed by atoms with van der Waals surface area (Å²) in [5.41, 5.74) is 1.94. The van der Waals surface area contributed by atoms with E-state index in [0.717, 1.165) is 36.1 Å². The zero-order chi connectivity index (χ0) is 13.2. The smallest absolute Gasteiger partial charge is 0.227 e. The molecule has 1 aromatic rings. The monoisotopic (exact) mass is 259 g/mol. The molecule has 1 saturated heterocycles. The summed E-state index contributed by atoms with van der Waals surface area (Å²) in [5, 5.41) is 9.00. The van der Waals surface area contributed by atoms with Gasteiger partial charge in [0.25, 0.3) is 0 Å². The fourth-order valence-electron chi connectivity index (χ4n) is 3.46. The highest BCUT2D eigenvalue weighted by atomic mass is 16.3. The van der Waals surface area contributed by atoms with E-state index in [9.17, 15) is 4.79 Å². The van der Waals surface area contributed by atoms with Crippen LogP contribution < -0.4 is 0 Å². The van der Waals surface area contributed by atoms with Gasteiger partial charge in [0.2, 0.25) is 5.91 Å². The van der Waals surface area contributed by atoms with Crippen molar-refractivity contribution in [1.82, 2.24) is 4.90 Å². The Morgan fingerprint density at radius 2 is 1.68 bits per heavy atom. The summed E-state index contributed by atoms with van der Waals surface area (Å²) in [6.45, 7) is 1.98. The standard InChI is InChI=1S/C16H21NO2/c18-11-13-3-1-12(2-4-13)8-16(19)17-9-14-5-6-15(7-14)10-17/h1-4,14-15,18H,5-11H2/t14-,15+. The molecule has 1 heterocycles. The van der Waals surface area contributed by atoms with Crippen molar-refractivity contribution in [2.24, 2.45) is 11.8 Å². The van der Waals surface area contributed by atoms with Gasteiger partial charge in [-0.15, -0.1) is 0 Å². The molecule has 0 unspecified atom stereocenters. The number of carbonyl (C=O) groups excluding carboxylic acids is 1. The van der Waals surface area contributed by atoms with Gasteiger partial charge in [-0.2, -0.15) is 0 Å². The Labute approximate surface area is 114 Å². The van der Waals surface area contributed by atoms with Crippen LogP contribution in [-0.2, 0) is 17.8 Å².